The topological polar surface area (TPSA) is 15.3 Å². The largest absolute Gasteiger partial charge is 0.319 e. The SMILES string of the molecule is CNCC1CCCN(CC2CCC(C)(C)CC2)C1. The van der Waals surface area contributed by atoms with E-state index in [-0.39, 0.29) is 0 Å². The van der Waals surface area contributed by atoms with E-state index in [1.165, 1.54) is 64.7 Å². The van der Waals surface area contributed by atoms with E-state index in [1.807, 2.05) is 0 Å². The molecule has 0 aromatic heterocycles. The van der Waals surface area contributed by atoms with Crippen LogP contribution < -0.4 is 5.32 Å². The van der Waals surface area contributed by atoms with E-state index in [9.17, 15) is 0 Å². The number of hydrogen-bond donors (Lipinski definition) is 1. The van der Waals surface area contributed by atoms with Gasteiger partial charge in [-0.25, -0.2) is 0 Å². The van der Waals surface area contributed by atoms with Gasteiger partial charge in [0.15, 0.2) is 0 Å². The van der Waals surface area contributed by atoms with Crippen LogP contribution in [0, 0.1) is 17.3 Å². The Labute approximate surface area is 114 Å². The second kappa shape index (κ2) is 6.38. The Hall–Kier alpha value is -0.0800. The van der Waals surface area contributed by atoms with Crippen molar-refractivity contribution in [3.63, 3.8) is 0 Å². The summed E-state index contributed by atoms with van der Waals surface area (Å²) in [7, 11) is 2.09. The van der Waals surface area contributed by atoms with Gasteiger partial charge in [0.25, 0.3) is 0 Å². The fourth-order valence-electron chi connectivity index (χ4n) is 3.78. The van der Waals surface area contributed by atoms with Gasteiger partial charge in [0.2, 0.25) is 0 Å². The Balaban J connectivity index is 1.73. The van der Waals surface area contributed by atoms with Gasteiger partial charge in [-0.2, -0.15) is 0 Å². The first-order valence-electron chi connectivity index (χ1n) is 7.96. The predicted octanol–water partition coefficient (Wildman–Crippen LogP) is 3.13. The van der Waals surface area contributed by atoms with Crippen LogP contribution in [0.15, 0.2) is 0 Å². The molecule has 2 nitrogen and oxygen atoms in total. The second-order valence-corrected chi connectivity index (χ2v) is 7.43. The van der Waals surface area contributed by atoms with Crippen LogP contribution >= 0.6 is 0 Å². The number of piperidine rings is 1. The monoisotopic (exact) mass is 252 g/mol. The number of rotatable bonds is 4. The van der Waals surface area contributed by atoms with Gasteiger partial charge >= 0.3 is 0 Å². The molecule has 18 heavy (non-hydrogen) atoms. The van der Waals surface area contributed by atoms with Crippen LogP contribution in [0.4, 0.5) is 0 Å². The lowest BCUT2D eigenvalue weighted by Gasteiger charge is -2.39. The molecule has 0 spiro atoms. The molecule has 1 saturated heterocycles. The molecule has 1 saturated carbocycles. The number of nitrogens with one attached hydrogen (secondary N) is 1. The van der Waals surface area contributed by atoms with Crippen molar-refractivity contribution in [1.82, 2.24) is 10.2 Å². The van der Waals surface area contributed by atoms with Gasteiger partial charge in [-0.3, -0.25) is 0 Å². The summed E-state index contributed by atoms with van der Waals surface area (Å²) < 4.78 is 0. The van der Waals surface area contributed by atoms with E-state index in [1.54, 1.807) is 0 Å². The summed E-state index contributed by atoms with van der Waals surface area (Å²) in [5.74, 6) is 1.87. The Morgan fingerprint density at radius 3 is 2.50 bits per heavy atom. The Morgan fingerprint density at radius 2 is 1.83 bits per heavy atom. The highest BCUT2D eigenvalue weighted by molar-refractivity contribution is 4.82. The minimum Gasteiger partial charge on any atom is -0.319 e. The molecule has 1 aliphatic heterocycles. The lowest BCUT2D eigenvalue weighted by Crippen LogP contribution is -2.42. The summed E-state index contributed by atoms with van der Waals surface area (Å²) in [4.78, 5) is 2.74. The summed E-state index contributed by atoms with van der Waals surface area (Å²) in [6.45, 7) is 10.1. The summed E-state index contributed by atoms with van der Waals surface area (Å²) in [6, 6.07) is 0. The van der Waals surface area contributed by atoms with E-state index in [4.69, 9.17) is 0 Å². The van der Waals surface area contributed by atoms with Gasteiger partial charge in [0, 0.05) is 13.1 Å². The van der Waals surface area contributed by atoms with Crippen molar-refractivity contribution in [1.29, 1.82) is 0 Å². The highest BCUT2D eigenvalue weighted by atomic mass is 15.1. The minimum atomic E-state index is 0.618. The fourth-order valence-corrected chi connectivity index (χ4v) is 3.78. The number of hydrogen-bond acceptors (Lipinski definition) is 2. The Bertz CT molecular complexity index is 237. The molecule has 106 valence electrons. The van der Waals surface area contributed by atoms with E-state index in [0.717, 1.165) is 11.8 Å². The molecule has 2 aliphatic rings. The third-order valence-electron chi connectivity index (χ3n) is 5.07. The quantitative estimate of drug-likeness (QED) is 0.827. The molecule has 1 aliphatic carbocycles. The molecular weight excluding hydrogens is 220 g/mol. The Morgan fingerprint density at radius 1 is 1.11 bits per heavy atom. The van der Waals surface area contributed by atoms with Crippen molar-refractivity contribution in [2.45, 2.75) is 52.4 Å². The van der Waals surface area contributed by atoms with Gasteiger partial charge in [0.1, 0.15) is 0 Å². The molecule has 0 amide bonds. The Kier molecular flexibility index (Phi) is 5.08. The molecule has 1 atom stereocenters. The average molecular weight is 252 g/mol. The molecular formula is C16H32N2. The van der Waals surface area contributed by atoms with Crippen molar-refractivity contribution in [2.24, 2.45) is 17.3 Å². The molecule has 2 fully saturated rings. The van der Waals surface area contributed by atoms with Crippen molar-refractivity contribution < 1.29 is 0 Å². The zero-order valence-corrected chi connectivity index (χ0v) is 12.7. The van der Waals surface area contributed by atoms with Gasteiger partial charge < -0.3 is 10.2 Å². The fraction of sp³-hybridized carbons (Fsp3) is 1.00. The normalized spacial score (nSPS) is 30.5. The van der Waals surface area contributed by atoms with Crippen molar-refractivity contribution in [3.05, 3.63) is 0 Å². The first kappa shape index (κ1) is 14.3. The molecule has 0 bridgehead atoms. The van der Waals surface area contributed by atoms with Gasteiger partial charge in [-0.05, 0) is 75.9 Å². The van der Waals surface area contributed by atoms with Crippen molar-refractivity contribution >= 4 is 0 Å². The van der Waals surface area contributed by atoms with E-state index in [0.29, 0.717) is 5.41 Å². The average Bonchev–Trinajstić information content (AvgIpc) is 2.33. The molecule has 0 aromatic rings. The highest BCUT2D eigenvalue weighted by Crippen LogP contribution is 2.38. The number of likely N-dealkylation sites (tertiary alicyclic amines) is 1. The summed E-state index contributed by atoms with van der Waals surface area (Å²) in [6.07, 6.45) is 8.62. The first-order chi connectivity index (χ1) is 8.59. The maximum absolute atomic E-state index is 3.35. The summed E-state index contributed by atoms with van der Waals surface area (Å²) in [5, 5.41) is 3.35. The maximum atomic E-state index is 3.35. The van der Waals surface area contributed by atoms with E-state index < -0.39 is 0 Å². The van der Waals surface area contributed by atoms with Crippen LogP contribution in [0.1, 0.15) is 52.4 Å². The van der Waals surface area contributed by atoms with Gasteiger partial charge in [-0.15, -0.1) is 0 Å². The van der Waals surface area contributed by atoms with Crippen LogP contribution in [0.2, 0.25) is 0 Å². The highest BCUT2D eigenvalue weighted by Gasteiger charge is 2.29. The van der Waals surface area contributed by atoms with E-state index >= 15 is 0 Å². The smallest absolute Gasteiger partial charge is 0.00219 e. The molecule has 2 heteroatoms. The molecule has 2 rings (SSSR count). The molecule has 1 N–H and O–H groups in total. The van der Waals surface area contributed by atoms with Crippen LogP contribution in [0.3, 0.4) is 0 Å². The zero-order chi connectivity index (χ0) is 13.0. The van der Waals surface area contributed by atoms with Crippen LogP contribution in [0.25, 0.3) is 0 Å². The molecule has 0 radical (unpaired) electrons. The third kappa shape index (κ3) is 4.24. The zero-order valence-electron chi connectivity index (χ0n) is 12.7. The van der Waals surface area contributed by atoms with Crippen molar-refractivity contribution in [3.8, 4) is 0 Å². The minimum absolute atomic E-state index is 0.618. The number of nitrogens with zero attached hydrogens (tertiary/aromatic N) is 1. The summed E-state index contributed by atoms with van der Waals surface area (Å²) >= 11 is 0. The first-order valence-corrected chi connectivity index (χ1v) is 7.96. The van der Waals surface area contributed by atoms with Crippen LogP contribution in [0.5, 0.6) is 0 Å². The molecule has 1 heterocycles. The second-order valence-electron chi connectivity index (χ2n) is 7.43. The maximum Gasteiger partial charge on any atom is 0.00219 e. The van der Waals surface area contributed by atoms with Gasteiger partial charge in [0.05, 0.1) is 0 Å². The van der Waals surface area contributed by atoms with Crippen molar-refractivity contribution in [2.75, 3.05) is 33.2 Å². The lowest BCUT2D eigenvalue weighted by molar-refractivity contribution is 0.112. The van der Waals surface area contributed by atoms with Gasteiger partial charge in [-0.1, -0.05) is 13.8 Å². The third-order valence-corrected chi connectivity index (χ3v) is 5.07. The standard InChI is InChI=1S/C16H32N2/c1-16(2)8-6-14(7-9-16)12-18-10-4-5-15(13-18)11-17-3/h14-15,17H,4-13H2,1-3H3. The van der Waals surface area contributed by atoms with E-state index in [2.05, 4.69) is 31.1 Å². The van der Waals surface area contributed by atoms with Crippen LogP contribution in [-0.2, 0) is 0 Å². The van der Waals surface area contributed by atoms with Crippen LogP contribution in [-0.4, -0.2) is 38.1 Å². The lowest BCUT2D eigenvalue weighted by atomic mass is 9.73. The molecule has 0 aromatic carbocycles. The summed E-state index contributed by atoms with van der Waals surface area (Å²) in [5.41, 5.74) is 0.618. The predicted molar refractivity (Wildman–Crippen MR) is 78.8 cm³/mol. The molecule has 1 unspecified atom stereocenters.